The Balaban J connectivity index is 0.00000108. The van der Waals surface area contributed by atoms with E-state index in [1.165, 1.54) is 38.5 Å². The summed E-state index contributed by atoms with van der Waals surface area (Å²) < 4.78 is 0. The van der Waals surface area contributed by atoms with E-state index >= 15 is 0 Å². The van der Waals surface area contributed by atoms with Crippen molar-refractivity contribution < 1.29 is 0 Å². The Hall–Kier alpha value is -0.780. The Labute approximate surface area is 106 Å². The lowest BCUT2D eigenvalue weighted by Crippen LogP contribution is -2.17. The molecule has 2 aliphatic rings. The lowest BCUT2D eigenvalue weighted by atomic mass is 9.78. The lowest BCUT2D eigenvalue weighted by Gasteiger charge is -2.27. The first-order valence-electron chi connectivity index (χ1n) is 6.74. The zero-order valence-corrected chi connectivity index (χ0v) is 10.8. The average Bonchev–Trinajstić information content (AvgIpc) is 2.77. The Morgan fingerprint density at radius 3 is 1.71 bits per heavy atom. The summed E-state index contributed by atoms with van der Waals surface area (Å²) >= 11 is 0. The van der Waals surface area contributed by atoms with Crippen LogP contribution in [0.5, 0.6) is 0 Å². The summed E-state index contributed by atoms with van der Waals surface area (Å²) in [6, 6.07) is 2.53. The molecule has 0 N–H and O–H groups in total. The van der Waals surface area contributed by atoms with Crippen molar-refractivity contribution in [1.29, 1.82) is 0 Å². The molecule has 0 saturated heterocycles. The summed E-state index contributed by atoms with van der Waals surface area (Å²) in [6.07, 6.45) is 8.06. The highest BCUT2D eigenvalue weighted by molar-refractivity contribution is 5.52. The van der Waals surface area contributed by atoms with Crippen molar-refractivity contribution in [2.45, 2.75) is 72.1 Å². The van der Waals surface area contributed by atoms with Gasteiger partial charge in [0, 0.05) is 0 Å². The molecule has 0 atom stereocenters. The van der Waals surface area contributed by atoms with E-state index in [0.717, 1.165) is 0 Å². The van der Waals surface area contributed by atoms with E-state index < -0.39 is 0 Å². The molecule has 0 fully saturated rings. The van der Waals surface area contributed by atoms with Gasteiger partial charge in [-0.2, -0.15) is 0 Å². The van der Waals surface area contributed by atoms with Crippen LogP contribution in [0, 0.1) is 0 Å². The molecule has 0 saturated carbocycles. The van der Waals surface area contributed by atoms with Crippen LogP contribution in [0.15, 0.2) is 6.07 Å². The van der Waals surface area contributed by atoms with Gasteiger partial charge >= 0.3 is 0 Å². The van der Waals surface area contributed by atoms with Gasteiger partial charge in [0.05, 0.1) is 0 Å². The van der Waals surface area contributed by atoms with Crippen molar-refractivity contribution in [1.82, 2.24) is 0 Å². The largest absolute Gasteiger partial charge is 0.0776 e. The van der Waals surface area contributed by atoms with E-state index in [0.29, 0.717) is 5.41 Å². The molecule has 0 nitrogen and oxygen atoms in total. The maximum Gasteiger partial charge on any atom is -0.0126 e. The minimum absolute atomic E-state index is 0. The van der Waals surface area contributed by atoms with Crippen LogP contribution in [-0.2, 0) is 31.1 Å². The minimum Gasteiger partial charge on any atom is -0.0776 e. The van der Waals surface area contributed by atoms with Crippen molar-refractivity contribution in [2.24, 2.45) is 0 Å². The van der Waals surface area contributed by atoms with Crippen molar-refractivity contribution in [2.75, 3.05) is 0 Å². The monoisotopic (exact) mass is 230 g/mol. The highest BCUT2D eigenvalue weighted by atomic mass is 14.3. The van der Waals surface area contributed by atoms with E-state index in [-0.39, 0.29) is 7.43 Å². The molecule has 0 radical (unpaired) electrons. The second-order valence-electron chi connectivity index (χ2n) is 6.48. The highest BCUT2D eigenvalue weighted by Gasteiger charge is 2.29. The molecule has 0 bridgehead atoms. The standard InChI is InChI=1S/C16H22.CH4/c1-16(2,3)15-13-8-4-6-11(13)10-12-7-5-9-14(12)15;/h10H,4-9H2,1-3H3;1H4. The molecule has 0 unspecified atom stereocenters. The zero-order chi connectivity index (χ0) is 11.3. The Morgan fingerprint density at radius 1 is 0.824 bits per heavy atom. The second-order valence-corrected chi connectivity index (χ2v) is 6.48. The normalized spacial score (nSPS) is 17.6. The van der Waals surface area contributed by atoms with Crippen molar-refractivity contribution in [3.8, 4) is 0 Å². The maximum atomic E-state index is 2.53. The SMILES string of the molecule is C.CC(C)(C)c1c2c(cc3c1CCC3)CCC2. The molecule has 94 valence electrons. The molecule has 0 heterocycles. The number of hydrogen-bond acceptors (Lipinski definition) is 0. The van der Waals surface area contributed by atoms with Gasteiger partial charge in [-0.05, 0) is 71.8 Å². The van der Waals surface area contributed by atoms with Gasteiger partial charge in [-0.25, -0.2) is 0 Å². The Kier molecular flexibility index (Phi) is 3.10. The van der Waals surface area contributed by atoms with Crippen LogP contribution in [0.25, 0.3) is 0 Å². The topological polar surface area (TPSA) is 0 Å². The van der Waals surface area contributed by atoms with Gasteiger partial charge < -0.3 is 0 Å². The maximum absolute atomic E-state index is 2.53. The predicted octanol–water partition coefficient (Wildman–Crippen LogP) is 4.60. The highest BCUT2D eigenvalue weighted by Crippen LogP contribution is 2.40. The van der Waals surface area contributed by atoms with E-state index in [1.807, 2.05) is 0 Å². The van der Waals surface area contributed by atoms with E-state index in [4.69, 9.17) is 0 Å². The summed E-state index contributed by atoms with van der Waals surface area (Å²) in [7, 11) is 0. The fraction of sp³-hybridized carbons (Fsp3) is 0.647. The number of benzene rings is 1. The van der Waals surface area contributed by atoms with Crippen LogP contribution in [-0.4, -0.2) is 0 Å². The van der Waals surface area contributed by atoms with E-state index in [2.05, 4.69) is 26.8 Å². The van der Waals surface area contributed by atoms with Crippen molar-refractivity contribution >= 4 is 0 Å². The van der Waals surface area contributed by atoms with E-state index in [1.54, 1.807) is 27.8 Å². The van der Waals surface area contributed by atoms with Gasteiger partial charge in [-0.3, -0.25) is 0 Å². The molecule has 17 heavy (non-hydrogen) atoms. The van der Waals surface area contributed by atoms with Crippen LogP contribution in [0.3, 0.4) is 0 Å². The third kappa shape index (κ3) is 1.92. The summed E-state index contributed by atoms with van der Waals surface area (Å²) in [5.74, 6) is 0. The molecule has 0 aromatic heterocycles. The summed E-state index contributed by atoms with van der Waals surface area (Å²) in [5.41, 5.74) is 8.83. The molecule has 0 heteroatoms. The number of hydrogen-bond donors (Lipinski definition) is 0. The molecular formula is C17H26. The van der Waals surface area contributed by atoms with Crippen LogP contribution in [0.1, 0.15) is 68.9 Å². The van der Waals surface area contributed by atoms with E-state index in [9.17, 15) is 0 Å². The first kappa shape index (κ1) is 12.7. The zero-order valence-electron chi connectivity index (χ0n) is 10.8. The third-order valence-corrected chi connectivity index (χ3v) is 4.22. The molecule has 0 amide bonds. The molecule has 2 aliphatic carbocycles. The molecule has 0 spiro atoms. The van der Waals surface area contributed by atoms with Gasteiger partial charge in [0.15, 0.2) is 0 Å². The van der Waals surface area contributed by atoms with Gasteiger partial charge in [-0.15, -0.1) is 0 Å². The minimum atomic E-state index is 0. The van der Waals surface area contributed by atoms with Gasteiger partial charge in [0.2, 0.25) is 0 Å². The fourth-order valence-electron chi connectivity index (χ4n) is 3.72. The van der Waals surface area contributed by atoms with Crippen molar-refractivity contribution in [3.05, 3.63) is 33.9 Å². The summed E-state index contributed by atoms with van der Waals surface area (Å²) in [4.78, 5) is 0. The molecule has 1 aromatic carbocycles. The first-order valence-corrected chi connectivity index (χ1v) is 6.74. The molecule has 0 aliphatic heterocycles. The third-order valence-electron chi connectivity index (χ3n) is 4.22. The molecule has 3 rings (SSSR count). The average molecular weight is 230 g/mol. The second kappa shape index (κ2) is 4.15. The molecular weight excluding hydrogens is 204 g/mol. The number of fused-ring (bicyclic) bond motifs is 2. The van der Waals surface area contributed by atoms with Crippen molar-refractivity contribution in [3.63, 3.8) is 0 Å². The quantitative estimate of drug-likeness (QED) is 0.611. The van der Waals surface area contributed by atoms with Crippen LogP contribution < -0.4 is 0 Å². The Bertz CT molecular complexity index is 400. The molecule has 1 aromatic rings. The van der Waals surface area contributed by atoms with Gasteiger partial charge in [-0.1, -0.05) is 34.3 Å². The smallest absolute Gasteiger partial charge is 0.0126 e. The first-order chi connectivity index (χ1) is 7.57. The lowest BCUT2D eigenvalue weighted by molar-refractivity contribution is 0.577. The Morgan fingerprint density at radius 2 is 1.29 bits per heavy atom. The van der Waals surface area contributed by atoms with Gasteiger partial charge in [0.25, 0.3) is 0 Å². The van der Waals surface area contributed by atoms with Crippen LogP contribution in [0.4, 0.5) is 0 Å². The number of aryl methyl sites for hydroxylation is 2. The predicted molar refractivity (Wildman–Crippen MR) is 75.9 cm³/mol. The fourth-order valence-corrected chi connectivity index (χ4v) is 3.72. The summed E-state index contributed by atoms with van der Waals surface area (Å²) in [5, 5.41) is 0. The van der Waals surface area contributed by atoms with Crippen LogP contribution >= 0.6 is 0 Å². The summed E-state index contributed by atoms with van der Waals surface area (Å²) in [6.45, 7) is 7.17. The van der Waals surface area contributed by atoms with Gasteiger partial charge in [0.1, 0.15) is 0 Å². The number of rotatable bonds is 0. The van der Waals surface area contributed by atoms with Crippen LogP contribution in [0.2, 0.25) is 0 Å².